The Morgan fingerprint density at radius 3 is 2.00 bits per heavy atom. The highest BCUT2D eigenvalue weighted by molar-refractivity contribution is 7.85. The standard InChI is InChI=1S/C14H13N3O5S.C6H15N/c1-8-7-11(18)16(2)13-12(8)14(19)17(15-13)9-3-5-10(6-4-9)23(20,21)22;1-4-7(5-2)6-3/h3-7,15H,1-2H3,(H,20,21,22);4-6H2,1-3H3. The Hall–Kier alpha value is -2.69. The molecule has 0 bridgehead atoms. The minimum Gasteiger partial charge on any atom is -0.304 e. The van der Waals surface area contributed by atoms with Gasteiger partial charge in [-0.05, 0) is 56.4 Å². The fourth-order valence-corrected chi connectivity index (χ4v) is 3.59. The fraction of sp³-hybridized carbons (Fsp3) is 0.400. The molecule has 2 heterocycles. The zero-order chi connectivity index (χ0) is 22.6. The summed E-state index contributed by atoms with van der Waals surface area (Å²) in [4.78, 5) is 26.5. The van der Waals surface area contributed by atoms with Gasteiger partial charge in [0.2, 0.25) is 0 Å². The predicted octanol–water partition coefficient (Wildman–Crippen LogP) is 1.92. The molecule has 10 heteroatoms. The van der Waals surface area contributed by atoms with Crippen molar-refractivity contribution in [3.8, 4) is 5.69 Å². The molecule has 30 heavy (non-hydrogen) atoms. The molecule has 0 amide bonds. The maximum atomic E-state index is 12.5. The minimum absolute atomic E-state index is 0.245. The Morgan fingerprint density at radius 1 is 1.03 bits per heavy atom. The zero-order valence-electron chi connectivity index (χ0n) is 17.8. The molecule has 1 aromatic carbocycles. The number of aryl methyl sites for hydroxylation is 2. The van der Waals surface area contributed by atoms with E-state index in [0.29, 0.717) is 22.3 Å². The van der Waals surface area contributed by atoms with Crippen LogP contribution in [0.4, 0.5) is 0 Å². The summed E-state index contributed by atoms with van der Waals surface area (Å²) in [6.07, 6.45) is 0. The number of benzene rings is 1. The van der Waals surface area contributed by atoms with Crippen molar-refractivity contribution >= 4 is 21.2 Å². The molecular formula is C20H28N4O5S. The molecule has 0 atom stereocenters. The van der Waals surface area contributed by atoms with Crippen LogP contribution < -0.4 is 11.1 Å². The van der Waals surface area contributed by atoms with Crippen molar-refractivity contribution < 1.29 is 13.0 Å². The Bertz CT molecular complexity index is 1230. The van der Waals surface area contributed by atoms with Gasteiger partial charge < -0.3 is 4.90 Å². The molecule has 0 aliphatic carbocycles. The Balaban J connectivity index is 0.000000396. The summed E-state index contributed by atoms with van der Waals surface area (Å²) in [7, 11) is -2.75. The largest absolute Gasteiger partial charge is 0.304 e. The molecule has 2 N–H and O–H groups in total. The molecular weight excluding hydrogens is 408 g/mol. The molecule has 3 rings (SSSR count). The summed E-state index contributed by atoms with van der Waals surface area (Å²) >= 11 is 0. The van der Waals surface area contributed by atoms with Gasteiger partial charge in [0.15, 0.2) is 0 Å². The first-order valence-electron chi connectivity index (χ1n) is 9.66. The molecule has 0 radical (unpaired) electrons. The average molecular weight is 437 g/mol. The predicted molar refractivity (Wildman–Crippen MR) is 117 cm³/mol. The van der Waals surface area contributed by atoms with Crippen molar-refractivity contribution in [3.63, 3.8) is 0 Å². The molecule has 3 aromatic rings. The van der Waals surface area contributed by atoms with Crippen molar-refractivity contribution in [3.05, 3.63) is 56.6 Å². The van der Waals surface area contributed by atoms with Gasteiger partial charge in [-0.3, -0.25) is 23.8 Å². The monoisotopic (exact) mass is 436 g/mol. The smallest absolute Gasteiger partial charge is 0.294 e. The third-order valence-electron chi connectivity index (χ3n) is 5.01. The third-order valence-corrected chi connectivity index (χ3v) is 5.87. The van der Waals surface area contributed by atoms with E-state index in [1.54, 1.807) is 14.0 Å². The number of H-pyrrole nitrogens is 1. The van der Waals surface area contributed by atoms with E-state index in [1.807, 2.05) is 0 Å². The van der Waals surface area contributed by atoms with Gasteiger partial charge in [-0.25, -0.2) is 4.68 Å². The fourth-order valence-electron chi connectivity index (χ4n) is 3.11. The summed E-state index contributed by atoms with van der Waals surface area (Å²) < 4.78 is 33.6. The third kappa shape index (κ3) is 4.89. The molecule has 0 saturated carbocycles. The van der Waals surface area contributed by atoms with Crippen LogP contribution in [0, 0.1) is 6.92 Å². The molecule has 2 aromatic heterocycles. The highest BCUT2D eigenvalue weighted by atomic mass is 32.2. The second-order valence-electron chi connectivity index (χ2n) is 6.79. The molecule has 0 aliphatic heterocycles. The number of aromatic nitrogens is 3. The number of aromatic amines is 1. The van der Waals surface area contributed by atoms with Gasteiger partial charge in [0.1, 0.15) is 5.65 Å². The van der Waals surface area contributed by atoms with Gasteiger partial charge >= 0.3 is 0 Å². The van der Waals surface area contributed by atoms with E-state index in [9.17, 15) is 18.0 Å². The topological polar surface area (TPSA) is 117 Å². The van der Waals surface area contributed by atoms with Crippen molar-refractivity contribution in [2.75, 3.05) is 19.6 Å². The number of rotatable bonds is 5. The van der Waals surface area contributed by atoms with Crippen LogP contribution >= 0.6 is 0 Å². The number of hydrogen-bond acceptors (Lipinski definition) is 5. The Morgan fingerprint density at radius 2 is 1.57 bits per heavy atom. The molecule has 9 nitrogen and oxygen atoms in total. The van der Waals surface area contributed by atoms with Crippen LogP contribution in [-0.2, 0) is 17.2 Å². The first-order valence-corrected chi connectivity index (χ1v) is 11.1. The lowest BCUT2D eigenvalue weighted by atomic mass is 10.2. The van der Waals surface area contributed by atoms with Gasteiger partial charge in [-0.15, -0.1) is 0 Å². The summed E-state index contributed by atoms with van der Waals surface area (Å²) in [5.41, 5.74) is 0.708. The van der Waals surface area contributed by atoms with Crippen molar-refractivity contribution in [1.29, 1.82) is 0 Å². The molecule has 0 spiro atoms. The molecule has 0 unspecified atom stereocenters. The summed E-state index contributed by atoms with van der Waals surface area (Å²) in [6.45, 7) is 11.8. The first kappa shape index (κ1) is 23.6. The van der Waals surface area contributed by atoms with E-state index in [2.05, 4.69) is 30.8 Å². The molecule has 0 saturated heterocycles. The van der Waals surface area contributed by atoms with Crippen LogP contribution in [0.2, 0.25) is 0 Å². The summed E-state index contributed by atoms with van der Waals surface area (Å²) in [6, 6.07) is 6.52. The van der Waals surface area contributed by atoms with Gasteiger partial charge in [0.05, 0.1) is 16.0 Å². The van der Waals surface area contributed by atoms with Crippen molar-refractivity contribution in [2.24, 2.45) is 7.05 Å². The minimum atomic E-state index is -4.30. The lowest BCUT2D eigenvalue weighted by molar-refractivity contribution is 0.321. The molecule has 0 aliphatic rings. The van der Waals surface area contributed by atoms with Crippen LogP contribution in [0.1, 0.15) is 26.3 Å². The van der Waals surface area contributed by atoms with Gasteiger partial charge in [-0.1, -0.05) is 20.8 Å². The van der Waals surface area contributed by atoms with E-state index in [1.165, 1.54) is 59.2 Å². The Kier molecular flexibility index (Phi) is 7.40. The summed E-state index contributed by atoms with van der Waals surface area (Å²) in [5, 5.41) is 3.22. The maximum absolute atomic E-state index is 12.5. The maximum Gasteiger partial charge on any atom is 0.294 e. The number of fused-ring (bicyclic) bond motifs is 1. The van der Waals surface area contributed by atoms with Gasteiger partial charge in [-0.2, -0.15) is 8.42 Å². The van der Waals surface area contributed by atoms with E-state index in [-0.39, 0.29) is 16.0 Å². The summed E-state index contributed by atoms with van der Waals surface area (Å²) in [5.74, 6) is 0. The quantitative estimate of drug-likeness (QED) is 0.590. The number of nitrogens with zero attached hydrogens (tertiary/aromatic N) is 3. The lowest BCUT2D eigenvalue weighted by Gasteiger charge is -2.13. The van der Waals surface area contributed by atoms with Gasteiger partial charge in [0, 0.05) is 13.1 Å². The highest BCUT2D eigenvalue weighted by Gasteiger charge is 2.15. The van der Waals surface area contributed by atoms with E-state index >= 15 is 0 Å². The van der Waals surface area contributed by atoms with Crippen molar-refractivity contribution in [2.45, 2.75) is 32.6 Å². The van der Waals surface area contributed by atoms with E-state index in [0.717, 1.165) is 0 Å². The SMILES string of the molecule is CCN(CC)CC.Cc1cc(=O)n(C)c2[nH]n(-c3ccc(S(=O)(=O)O)cc3)c(=O)c12. The van der Waals surface area contributed by atoms with Crippen LogP contribution in [0.5, 0.6) is 0 Å². The normalized spacial score (nSPS) is 11.6. The lowest BCUT2D eigenvalue weighted by Crippen LogP contribution is -2.21. The average Bonchev–Trinajstić information content (AvgIpc) is 3.05. The van der Waals surface area contributed by atoms with E-state index < -0.39 is 10.1 Å². The van der Waals surface area contributed by atoms with Gasteiger partial charge in [0.25, 0.3) is 21.2 Å². The van der Waals surface area contributed by atoms with Crippen LogP contribution in [0.25, 0.3) is 16.7 Å². The highest BCUT2D eigenvalue weighted by Crippen LogP contribution is 2.15. The first-order chi connectivity index (χ1) is 14.0. The Labute approximate surface area is 175 Å². The second-order valence-corrected chi connectivity index (χ2v) is 8.21. The zero-order valence-corrected chi connectivity index (χ0v) is 18.7. The second kappa shape index (κ2) is 9.41. The van der Waals surface area contributed by atoms with Crippen LogP contribution in [0.3, 0.4) is 0 Å². The number of hydrogen-bond donors (Lipinski definition) is 2. The molecule has 0 fully saturated rings. The van der Waals surface area contributed by atoms with E-state index in [4.69, 9.17) is 4.55 Å². The number of pyridine rings is 1. The van der Waals surface area contributed by atoms with Crippen LogP contribution in [0.15, 0.2) is 44.8 Å². The molecule has 164 valence electrons. The number of nitrogens with one attached hydrogen (secondary N) is 1. The van der Waals surface area contributed by atoms with Crippen molar-refractivity contribution in [1.82, 2.24) is 19.2 Å². The van der Waals surface area contributed by atoms with Crippen LogP contribution in [-0.4, -0.2) is 51.9 Å².